The molecule has 1 saturated heterocycles. The minimum atomic E-state index is -0.521. The lowest BCUT2D eigenvalue weighted by molar-refractivity contribution is -0.132. The van der Waals surface area contributed by atoms with Gasteiger partial charge in [0.15, 0.2) is 0 Å². The third-order valence-electron chi connectivity index (χ3n) is 6.57. The van der Waals surface area contributed by atoms with Crippen molar-refractivity contribution in [1.82, 2.24) is 14.7 Å². The Labute approximate surface area is 190 Å². The van der Waals surface area contributed by atoms with Crippen molar-refractivity contribution in [2.75, 3.05) is 0 Å². The van der Waals surface area contributed by atoms with Crippen molar-refractivity contribution in [3.05, 3.63) is 82.6 Å². The highest BCUT2D eigenvalue weighted by Crippen LogP contribution is 2.41. The molecule has 0 amide bonds. The number of benzene rings is 2. The molecule has 3 atom stereocenters. The summed E-state index contributed by atoms with van der Waals surface area (Å²) in [5.41, 5.74) is 4.83. The summed E-state index contributed by atoms with van der Waals surface area (Å²) in [7, 11) is 0. The molecule has 2 fully saturated rings. The van der Waals surface area contributed by atoms with E-state index in [4.69, 9.17) is 20.9 Å². The number of ether oxygens (including phenoxy) is 1. The van der Waals surface area contributed by atoms with E-state index in [1.165, 1.54) is 30.4 Å². The third-order valence-corrected chi connectivity index (χ3v) is 6.88. The van der Waals surface area contributed by atoms with E-state index in [2.05, 4.69) is 51.2 Å². The van der Waals surface area contributed by atoms with Crippen LogP contribution in [0.3, 0.4) is 0 Å². The fourth-order valence-corrected chi connectivity index (χ4v) is 5.10. The molecule has 1 N–H and O–H groups in total. The first kappa shape index (κ1) is 20.0. The van der Waals surface area contributed by atoms with Crippen molar-refractivity contribution >= 4 is 22.5 Å². The zero-order valence-electron chi connectivity index (χ0n) is 17.5. The molecule has 2 aromatic carbocycles. The molecule has 3 unspecified atom stereocenters. The smallest absolute Gasteiger partial charge is 0.213 e. The van der Waals surface area contributed by atoms with Crippen LogP contribution in [0.25, 0.3) is 10.9 Å². The molecule has 2 aromatic heterocycles. The van der Waals surface area contributed by atoms with Gasteiger partial charge in [0.25, 0.3) is 0 Å². The highest BCUT2D eigenvalue weighted by atomic mass is 35.5. The number of aliphatic hydroxyl groups is 1. The Hall–Kier alpha value is -2.67. The maximum atomic E-state index is 10.5. The average molecular weight is 450 g/mol. The van der Waals surface area contributed by atoms with Crippen molar-refractivity contribution in [3.63, 3.8) is 0 Å². The number of rotatable bonds is 5. The molecule has 0 radical (unpaired) electrons. The maximum Gasteiger partial charge on any atom is 0.213 e. The van der Waals surface area contributed by atoms with Gasteiger partial charge in [-0.2, -0.15) is 4.98 Å². The fraction of sp³-hybridized carbons (Fsp3) is 0.360. The van der Waals surface area contributed by atoms with Gasteiger partial charge < -0.3 is 18.9 Å². The molecule has 0 bridgehead atoms. The second-order valence-electron chi connectivity index (χ2n) is 8.88. The lowest BCUT2D eigenvalue weighted by Crippen LogP contribution is -2.29. The Bertz CT molecular complexity index is 1230. The van der Waals surface area contributed by atoms with E-state index in [0.717, 1.165) is 33.8 Å². The molecule has 7 heteroatoms. The number of aromatic nitrogens is 3. The number of aliphatic hydroxyl groups excluding tert-OH is 1. The Morgan fingerprint density at radius 1 is 1.09 bits per heavy atom. The first-order chi connectivity index (χ1) is 15.7. The second kappa shape index (κ2) is 8.03. The zero-order chi connectivity index (χ0) is 21.7. The monoisotopic (exact) mass is 449 g/mol. The van der Waals surface area contributed by atoms with E-state index in [0.29, 0.717) is 18.7 Å². The summed E-state index contributed by atoms with van der Waals surface area (Å²) < 4.78 is 13.3. The molecule has 1 saturated carbocycles. The molecule has 4 aromatic rings. The summed E-state index contributed by atoms with van der Waals surface area (Å²) >= 11 is 6.66. The van der Waals surface area contributed by atoms with Crippen LogP contribution in [0.5, 0.6) is 0 Å². The molecular weight excluding hydrogens is 426 g/mol. The van der Waals surface area contributed by atoms with Gasteiger partial charge in [0.05, 0.1) is 16.6 Å². The summed E-state index contributed by atoms with van der Waals surface area (Å²) in [6.07, 6.45) is 6.42. The van der Waals surface area contributed by atoms with E-state index < -0.39 is 12.2 Å². The van der Waals surface area contributed by atoms with Crippen LogP contribution in [0.1, 0.15) is 66.4 Å². The molecule has 1 aliphatic carbocycles. The van der Waals surface area contributed by atoms with Crippen LogP contribution in [0, 0.1) is 0 Å². The van der Waals surface area contributed by atoms with E-state index in [9.17, 15) is 5.11 Å². The SMILES string of the molecule is OC1CC(c2ncon2)OC(n2cc(Cc3ccc(C4CC4)cc3)c3c(Cl)cccc32)C1. The van der Waals surface area contributed by atoms with Crippen LogP contribution in [0.2, 0.25) is 5.02 Å². The molecular formula is C25H24ClN3O3. The minimum absolute atomic E-state index is 0.353. The molecule has 32 heavy (non-hydrogen) atoms. The number of hydrogen-bond acceptors (Lipinski definition) is 5. The van der Waals surface area contributed by atoms with Crippen molar-refractivity contribution in [2.24, 2.45) is 0 Å². The molecule has 3 heterocycles. The van der Waals surface area contributed by atoms with Gasteiger partial charge in [-0.05, 0) is 54.0 Å². The van der Waals surface area contributed by atoms with Gasteiger partial charge in [0, 0.05) is 24.4 Å². The minimum Gasteiger partial charge on any atom is -0.393 e. The lowest BCUT2D eigenvalue weighted by Gasteiger charge is -2.32. The number of fused-ring (bicyclic) bond motifs is 1. The van der Waals surface area contributed by atoms with Crippen LogP contribution < -0.4 is 0 Å². The number of halogens is 1. The molecule has 1 aliphatic heterocycles. The van der Waals surface area contributed by atoms with E-state index in [1.807, 2.05) is 12.1 Å². The molecule has 2 aliphatic rings. The number of hydrogen-bond donors (Lipinski definition) is 1. The molecule has 6 rings (SSSR count). The molecule has 164 valence electrons. The predicted molar refractivity (Wildman–Crippen MR) is 121 cm³/mol. The quantitative estimate of drug-likeness (QED) is 0.432. The van der Waals surface area contributed by atoms with E-state index in [1.54, 1.807) is 0 Å². The van der Waals surface area contributed by atoms with Gasteiger partial charge in [-0.1, -0.05) is 47.1 Å². The fourth-order valence-electron chi connectivity index (χ4n) is 4.81. The Morgan fingerprint density at radius 2 is 1.94 bits per heavy atom. The molecule has 6 nitrogen and oxygen atoms in total. The largest absolute Gasteiger partial charge is 0.393 e. The van der Waals surface area contributed by atoms with Gasteiger partial charge in [-0.25, -0.2) is 0 Å². The van der Waals surface area contributed by atoms with E-state index in [-0.39, 0.29) is 6.23 Å². The first-order valence-corrected chi connectivity index (χ1v) is 11.5. The Kier molecular flexibility index (Phi) is 5.01. The average Bonchev–Trinajstić information content (AvgIpc) is 3.36. The standard InChI is InChI=1S/C25H24ClN3O3/c26-20-2-1-3-21-24(20)18(10-15-4-6-16(7-5-15)17-8-9-17)13-29(21)23-12-19(30)11-22(32-23)25-27-14-31-28-25/h1-7,13-14,17,19,22-23,30H,8-12H2. The van der Waals surface area contributed by atoms with Crippen molar-refractivity contribution in [1.29, 1.82) is 0 Å². The first-order valence-electron chi connectivity index (χ1n) is 11.1. The van der Waals surface area contributed by atoms with Crippen LogP contribution in [-0.4, -0.2) is 25.9 Å². The summed E-state index contributed by atoms with van der Waals surface area (Å²) in [5.74, 6) is 1.21. The summed E-state index contributed by atoms with van der Waals surface area (Å²) in [5, 5.41) is 16.2. The van der Waals surface area contributed by atoms with Crippen molar-refractivity contribution < 1.29 is 14.4 Å². The van der Waals surface area contributed by atoms with Gasteiger partial charge in [-0.15, -0.1) is 0 Å². The van der Waals surface area contributed by atoms with Crippen molar-refractivity contribution in [3.8, 4) is 0 Å². The van der Waals surface area contributed by atoms with Gasteiger partial charge in [0.2, 0.25) is 12.2 Å². The van der Waals surface area contributed by atoms with Crippen molar-refractivity contribution in [2.45, 2.75) is 56.5 Å². The Morgan fingerprint density at radius 3 is 2.69 bits per heavy atom. The third kappa shape index (κ3) is 3.72. The number of nitrogens with zero attached hydrogens (tertiary/aromatic N) is 3. The van der Waals surface area contributed by atoms with Crippen LogP contribution in [0.15, 0.2) is 59.6 Å². The zero-order valence-corrected chi connectivity index (χ0v) is 18.3. The summed E-state index contributed by atoms with van der Waals surface area (Å²) in [6.45, 7) is 0. The normalized spacial score (nSPS) is 23.6. The van der Waals surface area contributed by atoms with Crippen LogP contribution in [0.4, 0.5) is 0 Å². The summed E-state index contributed by atoms with van der Waals surface area (Å²) in [6, 6.07) is 14.9. The topological polar surface area (TPSA) is 73.3 Å². The van der Waals surface area contributed by atoms with E-state index >= 15 is 0 Å². The highest BCUT2D eigenvalue weighted by molar-refractivity contribution is 6.35. The second-order valence-corrected chi connectivity index (χ2v) is 9.29. The van der Waals surface area contributed by atoms with Gasteiger partial charge in [-0.3, -0.25) is 0 Å². The lowest BCUT2D eigenvalue weighted by atomic mass is 10.0. The van der Waals surface area contributed by atoms with Gasteiger partial charge >= 0.3 is 0 Å². The van der Waals surface area contributed by atoms with Crippen LogP contribution >= 0.6 is 11.6 Å². The summed E-state index contributed by atoms with van der Waals surface area (Å²) in [4.78, 5) is 4.12. The predicted octanol–water partition coefficient (Wildman–Crippen LogP) is 5.56. The highest BCUT2D eigenvalue weighted by Gasteiger charge is 2.33. The molecule has 0 spiro atoms. The Balaban J connectivity index is 1.35. The maximum absolute atomic E-state index is 10.5. The van der Waals surface area contributed by atoms with Crippen LogP contribution in [-0.2, 0) is 11.2 Å². The van der Waals surface area contributed by atoms with Gasteiger partial charge in [0.1, 0.15) is 12.3 Å².